The number of benzene rings is 1. The van der Waals surface area contributed by atoms with Gasteiger partial charge in [-0.3, -0.25) is 9.69 Å². The fourth-order valence-electron chi connectivity index (χ4n) is 2.51. The quantitative estimate of drug-likeness (QED) is 0.619. The molecule has 1 aromatic carbocycles. The number of nitrogens with one attached hydrogen (secondary N) is 1. The van der Waals surface area contributed by atoms with E-state index in [1.807, 2.05) is 0 Å². The lowest BCUT2D eigenvalue weighted by Gasteiger charge is -2.35. The average molecular weight is 365 g/mol. The smallest absolute Gasteiger partial charge is 0.337 e. The highest BCUT2D eigenvalue weighted by Crippen LogP contribution is 2.12. The highest BCUT2D eigenvalue weighted by Gasteiger charge is 2.21. The number of carbonyl (C=O) groups excluding carboxylic acids is 2. The molecule has 0 bridgehead atoms. The predicted octanol–water partition coefficient (Wildman–Crippen LogP) is 1.35. The zero-order valence-corrected chi connectivity index (χ0v) is 15.3. The van der Waals surface area contributed by atoms with Gasteiger partial charge >= 0.3 is 11.9 Å². The van der Waals surface area contributed by atoms with Crippen LogP contribution >= 0.6 is 12.2 Å². The molecule has 0 aliphatic carbocycles. The Morgan fingerprint density at radius 2 is 1.80 bits per heavy atom. The summed E-state index contributed by atoms with van der Waals surface area (Å²) in [5.74, 6) is -0.561. The van der Waals surface area contributed by atoms with Crippen LogP contribution in [-0.4, -0.2) is 73.3 Å². The third kappa shape index (κ3) is 5.68. The van der Waals surface area contributed by atoms with E-state index >= 15 is 0 Å². The van der Waals surface area contributed by atoms with Gasteiger partial charge in [-0.25, -0.2) is 4.79 Å². The van der Waals surface area contributed by atoms with Gasteiger partial charge in [-0.15, -0.1) is 0 Å². The lowest BCUT2D eigenvalue weighted by Crippen LogP contribution is -2.51. The largest absolute Gasteiger partial charge is 0.465 e. The fourth-order valence-corrected chi connectivity index (χ4v) is 2.81. The number of ether oxygens (including phenoxy) is 2. The average Bonchev–Trinajstić information content (AvgIpc) is 2.62. The molecule has 25 heavy (non-hydrogen) atoms. The normalized spacial score (nSPS) is 14.7. The van der Waals surface area contributed by atoms with Gasteiger partial charge in [0.2, 0.25) is 0 Å². The van der Waals surface area contributed by atoms with Crippen LogP contribution in [0.3, 0.4) is 0 Å². The number of piperazine rings is 1. The molecule has 136 valence electrons. The van der Waals surface area contributed by atoms with Crippen molar-refractivity contribution in [2.45, 2.75) is 6.92 Å². The van der Waals surface area contributed by atoms with E-state index in [1.54, 1.807) is 31.2 Å². The molecule has 7 nitrogen and oxygen atoms in total. The number of thiocarbonyl (C=S) groups is 1. The predicted molar refractivity (Wildman–Crippen MR) is 98.6 cm³/mol. The highest BCUT2D eigenvalue weighted by molar-refractivity contribution is 7.80. The molecule has 0 radical (unpaired) electrons. The molecule has 8 heteroatoms. The number of methoxy groups -OCH3 is 1. The van der Waals surface area contributed by atoms with E-state index in [9.17, 15) is 9.59 Å². The first kappa shape index (κ1) is 19.1. The molecule has 1 aliphatic rings. The summed E-state index contributed by atoms with van der Waals surface area (Å²) in [5, 5.41) is 3.79. The maximum atomic E-state index is 11.5. The highest BCUT2D eigenvalue weighted by atomic mass is 32.1. The Balaban J connectivity index is 1.80. The second-order valence-electron chi connectivity index (χ2n) is 5.57. The number of anilines is 1. The topological polar surface area (TPSA) is 71.1 Å². The minimum absolute atomic E-state index is 0.192. The first-order valence-corrected chi connectivity index (χ1v) is 8.56. The molecular formula is C17H23N3O4S. The van der Waals surface area contributed by atoms with E-state index in [4.69, 9.17) is 17.0 Å². The Bertz CT molecular complexity index is 613. The van der Waals surface area contributed by atoms with Crippen LogP contribution in [0.2, 0.25) is 0 Å². The maximum absolute atomic E-state index is 11.5. The molecular weight excluding hydrogens is 342 g/mol. The minimum Gasteiger partial charge on any atom is -0.465 e. The standard InChI is InChI=1S/C17H23N3O4S/c1-3-24-15(21)12-19-8-10-20(11-9-19)17(25)18-14-6-4-13(5-7-14)16(22)23-2/h4-7H,3,8-12H2,1-2H3,(H,18,25). The lowest BCUT2D eigenvalue weighted by atomic mass is 10.2. The molecule has 1 fully saturated rings. The minimum atomic E-state index is -0.369. The van der Waals surface area contributed by atoms with Gasteiger partial charge in [-0.05, 0) is 43.4 Å². The summed E-state index contributed by atoms with van der Waals surface area (Å²) in [6.07, 6.45) is 0. The van der Waals surface area contributed by atoms with E-state index in [1.165, 1.54) is 7.11 Å². The molecule has 1 N–H and O–H groups in total. The van der Waals surface area contributed by atoms with Crippen molar-refractivity contribution in [2.24, 2.45) is 0 Å². The van der Waals surface area contributed by atoms with Gasteiger partial charge in [-0.2, -0.15) is 0 Å². The maximum Gasteiger partial charge on any atom is 0.337 e. The molecule has 0 spiro atoms. The summed E-state index contributed by atoms with van der Waals surface area (Å²) >= 11 is 5.44. The van der Waals surface area contributed by atoms with Crippen LogP contribution in [0.4, 0.5) is 5.69 Å². The Morgan fingerprint density at radius 3 is 2.36 bits per heavy atom. The van der Waals surface area contributed by atoms with Crippen molar-refractivity contribution in [3.63, 3.8) is 0 Å². The zero-order valence-electron chi connectivity index (χ0n) is 14.5. The second-order valence-corrected chi connectivity index (χ2v) is 5.95. The number of hydrogen-bond acceptors (Lipinski definition) is 6. The van der Waals surface area contributed by atoms with E-state index in [2.05, 4.69) is 19.9 Å². The van der Waals surface area contributed by atoms with Crippen LogP contribution in [0.1, 0.15) is 17.3 Å². The summed E-state index contributed by atoms with van der Waals surface area (Å²) in [5.41, 5.74) is 1.30. The van der Waals surface area contributed by atoms with E-state index in [0.29, 0.717) is 23.8 Å². The van der Waals surface area contributed by atoms with Crippen molar-refractivity contribution in [3.8, 4) is 0 Å². The van der Waals surface area contributed by atoms with Gasteiger partial charge in [0.1, 0.15) is 0 Å². The Morgan fingerprint density at radius 1 is 1.16 bits per heavy atom. The monoisotopic (exact) mass is 365 g/mol. The van der Waals surface area contributed by atoms with Gasteiger partial charge in [0.05, 0.1) is 25.8 Å². The number of carbonyl (C=O) groups is 2. The van der Waals surface area contributed by atoms with E-state index in [-0.39, 0.29) is 11.9 Å². The molecule has 1 aliphatic heterocycles. The van der Waals surface area contributed by atoms with Crippen molar-refractivity contribution < 1.29 is 19.1 Å². The SMILES string of the molecule is CCOC(=O)CN1CCN(C(=S)Nc2ccc(C(=O)OC)cc2)CC1. The van der Waals surface area contributed by atoms with Crippen molar-refractivity contribution in [1.82, 2.24) is 9.80 Å². The third-order valence-corrected chi connectivity index (χ3v) is 4.24. The van der Waals surface area contributed by atoms with Crippen LogP contribution in [-0.2, 0) is 14.3 Å². The first-order valence-electron chi connectivity index (χ1n) is 8.15. The van der Waals surface area contributed by atoms with Crippen LogP contribution < -0.4 is 5.32 Å². The van der Waals surface area contributed by atoms with Gasteiger partial charge in [0.15, 0.2) is 5.11 Å². The third-order valence-electron chi connectivity index (χ3n) is 3.87. The van der Waals surface area contributed by atoms with Gasteiger partial charge in [0, 0.05) is 31.9 Å². The molecule has 0 saturated carbocycles. The Kier molecular flexibility index (Phi) is 7.15. The fraction of sp³-hybridized carbons (Fsp3) is 0.471. The van der Waals surface area contributed by atoms with Crippen molar-refractivity contribution in [3.05, 3.63) is 29.8 Å². The molecule has 0 unspecified atom stereocenters. The van der Waals surface area contributed by atoms with E-state index in [0.717, 1.165) is 31.9 Å². The summed E-state index contributed by atoms with van der Waals surface area (Å²) in [4.78, 5) is 27.1. The Hall–Kier alpha value is -2.19. The molecule has 0 aromatic heterocycles. The van der Waals surface area contributed by atoms with Crippen molar-refractivity contribution >= 4 is 35.0 Å². The first-order chi connectivity index (χ1) is 12.0. The molecule has 2 rings (SSSR count). The van der Waals surface area contributed by atoms with Crippen LogP contribution in [0.15, 0.2) is 24.3 Å². The summed E-state index contributed by atoms with van der Waals surface area (Å²) < 4.78 is 9.64. The molecule has 1 saturated heterocycles. The summed E-state index contributed by atoms with van der Waals surface area (Å²) in [6, 6.07) is 6.95. The van der Waals surface area contributed by atoms with Crippen molar-refractivity contribution in [1.29, 1.82) is 0 Å². The summed E-state index contributed by atoms with van der Waals surface area (Å²) in [6.45, 7) is 5.51. The molecule has 1 heterocycles. The van der Waals surface area contributed by atoms with E-state index < -0.39 is 0 Å². The molecule has 0 amide bonds. The van der Waals surface area contributed by atoms with Gasteiger partial charge in [-0.1, -0.05) is 0 Å². The Labute approximate surface area is 152 Å². The number of rotatable bonds is 5. The van der Waals surface area contributed by atoms with Crippen LogP contribution in [0.25, 0.3) is 0 Å². The number of nitrogens with zero attached hydrogens (tertiary/aromatic N) is 2. The lowest BCUT2D eigenvalue weighted by molar-refractivity contribution is -0.144. The molecule has 1 aromatic rings. The number of esters is 2. The van der Waals surface area contributed by atoms with Crippen molar-refractivity contribution in [2.75, 3.05) is 51.8 Å². The molecule has 0 atom stereocenters. The second kappa shape index (κ2) is 9.33. The zero-order chi connectivity index (χ0) is 18.2. The number of hydrogen-bond donors (Lipinski definition) is 1. The van der Waals surface area contributed by atoms with Crippen LogP contribution in [0, 0.1) is 0 Å². The summed E-state index contributed by atoms with van der Waals surface area (Å²) in [7, 11) is 1.35. The van der Waals surface area contributed by atoms with Gasteiger partial charge in [0.25, 0.3) is 0 Å². The van der Waals surface area contributed by atoms with Crippen LogP contribution in [0.5, 0.6) is 0 Å². The van der Waals surface area contributed by atoms with Gasteiger partial charge < -0.3 is 19.7 Å².